The first-order valence-corrected chi connectivity index (χ1v) is 9.31. The first kappa shape index (κ1) is 19.0. The highest BCUT2D eigenvalue weighted by molar-refractivity contribution is 6.30. The van der Waals surface area contributed by atoms with Gasteiger partial charge in [-0.1, -0.05) is 23.7 Å². The number of hydrogen-bond acceptors (Lipinski definition) is 3. The van der Waals surface area contributed by atoms with Crippen LogP contribution in [-0.2, 0) is 6.54 Å². The molecule has 2 aromatic carbocycles. The smallest absolute Gasteiger partial charge is 0.251 e. The van der Waals surface area contributed by atoms with Crippen LogP contribution in [0.3, 0.4) is 0 Å². The van der Waals surface area contributed by atoms with E-state index in [9.17, 15) is 4.79 Å². The number of carbonyl (C=O) groups excluding carboxylic acids is 1. The maximum atomic E-state index is 11.7. The Hall–Kier alpha value is -2.73. The molecule has 0 atom stereocenters. The van der Waals surface area contributed by atoms with Gasteiger partial charge in [0.2, 0.25) is 0 Å². The normalized spacial score (nSPS) is 15.0. The topological polar surface area (TPSA) is 74.0 Å². The molecule has 0 unspecified atom stereocenters. The van der Waals surface area contributed by atoms with E-state index in [0.29, 0.717) is 18.1 Å². The SMILES string of the molecule is CNC(=O)c1cccc(CN=C(N)N2CCN(c3ccc(Cl)cc3)CC2)c1. The Bertz CT molecular complexity index is 813. The zero-order chi connectivity index (χ0) is 19.2. The van der Waals surface area contributed by atoms with E-state index >= 15 is 0 Å². The number of amides is 1. The van der Waals surface area contributed by atoms with Crippen molar-refractivity contribution in [1.82, 2.24) is 10.2 Å². The Morgan fingerprint density at radius 2 is 1.85 bits per heavy atom. The van der Waals surface area contributed by atoms with Gasteiger partial charge in [-0.2, -0.15) is 0 Å². The number of carbonyl (C=O) groups is 1. The molecule has 2 aromatic rings. The van der Waals surface area contributed by atoms with Crippen LogP contribution in [-0.4, -0.2) is 50.0 Å². The number of nitrogens with two attached hydrogens (primary N) is 1. The number of anilines is 1. The molecule has 7 heteroatoms. The molecule has 6 nitrogen and oxygen atoms in total. The molecule has 0 aliphatic carbocycles. The van der Waals surface area contributed by atoms with Gasteiger partial charge in [0.25, 0.3) is 5.91 Å². The predicted molar refractivity (Wildman–Crippen MR) is 110 cm³/mol. The van der Waals surface area contributed by atoms with Crippen LogP contribution in [0.5, 0.6) is 0 Å². The molecule has 1 aliphatic heterocycles. The highest BCUT2D eigenvalue weighted by Crippen LogP contribution is 2.19. The minimum absolute atomic E-state index is 0.105. The minimum Gasteiger partial charge on any atom is -0.370 e. The number of nitrogens with zero attached hydrogens (tertiary/aromatic N) is 3. The van der Waals surface area contributed by atoms with Gasteiger partial charge in [0.1, 0.15) is 0 Å². The highest BCUT2D eigenvalue weighted by Gasteiger charge is 2.18. The molecule has 1 amide bonds. The van der Waals surface area contributed by atoms with E-state index in [0.717, 1.165) is 36.8 Å². The average Bonchev–Trinajstić information content (AvgIpc) is 2.72. The Morgan fingerprint density at radius 1 is 1.15 bits per heavy atom. The van der Waals surface area contributed by atoms with Crippen molar-refractivity contribution >= 4 is 29.2 Å². The molecule has 0 spiro atoms. The maximum absolute atomic E-state index is 11.7. The second-order valence-electron chi connectivity index (χ2n) is 6.40. The molecular formula is C20H24ClN5O. The van der Waals surface area contributed by atoms with Gasteiger partial charge < -0.3 is 20.9 Å². The van der Waals surface area contributed by atoms with E-state index in [1.54, 1.807) is 13.1 Å². The van der Waals surface area contributed by atoms with E-state index in [-0.39, 0.29) is 5.91 Å². The number of rotatable bonds is 4. The Balaban J connectivity index is 1.56. The summed E-state index contributed by atoms with van der Waals surface area (Å²) in [6.07, 6.45) is 0. The standard InChI is InChI=1S/C20H24ClN5O/c1-23-19(27)16-4-2-3-15(13-16)14-24-20(22)26-11-9-25(10-12-26)18-7-5-17(21)6-8-18/h2-8,13H,9-12,14H2,1H3,(H2,22,24)(H,23,27). The fourth-order valence-corrected chi connectivity index (χ4v) is 3.20. The number of guanidine groups is 1. The Morgan fingerprint density at radius 3 is 2.52 bits per heavy atom. The van der Waals surface area contributed by atoms with Gasteiger partial charge in [0, 0.05) is 49.5 Å². The molecule has 3 N–H and O–H groups in total. The number of benzene rings is 2. The molecule has 1 aliphatic rings. The number of piperazine rings is 1. The van der Waals surface area contributed by atoms with Crippen molar-refractivity contribution in [3.05, 3.63) is 64.7 Å². The summed E-state index contributed by atoms with van der Waals surface area (Å²) in [6.45, 7) is 3.84. The molecule has 1 fully saturated rings. The van der Waals surface area contributed by atoms with E-state index in [1.807, 2.05) is 42.5 Å². The summed E-state index contributed by atoms with van der Waals surface area (Å²) in [7, 11) is 1.62. The molecule has 1 saturated heterocycles. The Kier molecular flexibility index (Phi) is 6.19. The molecule has 0 aromatic heterocycles. The number of halogens is 1. The molecule has 0 bridgehead atoms. The van der Waals surface area contributed by atoms with E-state index in [4.69, 9.17) is 17.3 Å². The van der Waals surface area contributed by atoms with Crippen molar-refractivity contribution in [2.24, 2.45) is 10.7 Å². The van der Waals surface area contributed by atoms with Gasteiger partial charge in [-0.15, -0.1) is 0 Å². The average molecular weight is 386 g/mol. The third-order valence-electron chi connectivity index (χ3n) is 4.64. The minimum atomic E-state index is -0.105. The highest BCUT2D eigenvalue weighted by atomic mass is 35.5. The van der Waals surface area contributed by atoms with Crippen molar-refractivity contribution in [2.45, 2.75) is 6.54 Å². The lowest BCUT2D eigenvalue weighted by atomic mass is 10.1. The first-order chi connectivity index (χ1) is 13.1. The molecule has 3 rings (SSSR count). The largest absolute Gasteiger partial charge is 0.370 e. The van der Waals surface area contributed by atoms with Gasteiger partial charge in [0.05, 0.1) is 6.54 Å². The summed E-state index contributed by atoms with van der Waals surface area (Å²) in [6, 6.07) is 15.3. The summed E-state index contributed by atoms with van der Waals surface area (Å²) >= 11 is 5.95. The van der Waals surface area contributed by atoms with Crippen LogP contribution in [0.25, 0.3) is 0 Å². The van der Waals surface area contributed by atoms with Gasteiger partial charge in [-0.25, -0.2) is 4.99 Å². The molecular weight excluding hydrogens is 362 g/mol. The van der Waals surface area contributed by atoms with Crippen LogP contribution in [0.15, 0.2) is 53.5 Å². The number of aliphatic imine (C=N–C) groups is 1. The van der Waals surface area contributed by atoms with Gasteiger partial charge >= 0.3 is 0 Å². The molecule has 1 heterocycles. The summed E-state index contributed by atoms with van der Waals surface area (Å²) in [5.74, 6) is 0.434. The van der Waals surface area contributed by atoms with E-state index < -0.39 is 0 Å². The lowest BCUT2D eigenvalue weighted by Gasteiger charge is -2.36. The van der Waals surface area contributed by atoms with Gasteiger partial charge in [-0.05, 0) is 42.0 Å². The van der Waals surface area contributed by atoms with Crippen molar-refractivity contribution in [2.75, 3.05) is 38.1 Å². The lowest BCUT2D eigenvalue weighted by molar-refractivity contribution is 0.0963. The van der Waals surface area contributed by atoms with Crippen LogP contribution in [0.1, 0.15) is 15.9 Å². The van der Waals surface area contributed by atoms with Crippen LogP contribution in [0.4, 0.5) is 5.69 Å². The monoisotopic (exact) mass is 385 g/mol. The van der Waals surface area contributed by atoms with E-state index in [1.165, 1.54) is 5.69 Å². The maximum Gasteiger partial charge on any atom is 0.251 e. The van der Waals surface area contributed by atoms with E-state index in [2.05, 4.69) is 20.1 Å². The summed E-state index contributed by atoms with van der Waals surface area (Å²) < 4.78 is 0. The van der Waals surface area contributed by atoms with Crippen molar-refractivity contribution < 1.29 is 4.79 Å². The molecule has 0 saturated carbocycles. The van der Waals surface area contributed by atoms with Crippen molar-refractivity contribution in [3.63, 3.8) is 0 Å². The van der Waals surface area contributed by atoms with Crippen LogP contribution < -0.4 is 16.0 Å². The van der Waals surface area contributed by atoms with Crippen LogP contribution in [0.2, 0.25) is 5.02 Å². The number of nitrogens with one attached hydrogen (secondary N) is 1. The fraction of sp³-hybridized carbons (Fsp3) is 0.300. The van der Waals surface area contributed by atoms with Crippen LogP contribution in [0, 0.1) is 0 Å². The first-order valence-electron chi connectivity index (χ1n) is 8.93. The quantitative estimate of drug-likeness (QED) is 0.625. The third kappa shape index (κ3) is 4.92. The number of hydrogen-bond donors (Lipinski definition) is 2. The summed E-state index contributed by atoms with van der Waals surface area (Å²) in [4.78, 5) is 20.6. The van der Waals surface area contributed by atoms with Crippen molar-refractivity contribution in [3.8, 4) is 0 Å². The summed E-state index contributed by atoms with van der Waals surface area (Å²) in [5, 5.41) is 3.37. The zero-order valence-corrected chi connectivity index (χ0v) is 16.1. The predicted octanol–water partition coefficient (Wildman–Crippen LogP) is 2.34. The second kappa shape index (κ2) is 8.77. The zero-order valence-electron chi connectivity index (χ0n) is 15.4. The fourth-order valence-electron chi connectivity index (χ4n) is 3.07. The van der Waals surface area contributed by atoms with Gasteiger partial charge in [-0.3, -0.25) is 4.79 Å². The Labute approximate surface area is 164 Å². The molecule has 0 radical (unpaired) electrons. The lowest BCUT2D eigenvalue weighted by Crippen LogP contribution is -2.51. The molecule has 142 valence electrons. The third-order valence-corrected chi connectivity index (χ3v) is 4.89. The van der Waals surface area contributed by atoms with Gasteiger partial charge in [0.15, 0.2) is 5.96 Å². The molecule has 27 heavy (non-hydrogen) atoms. The summed E-state index contributed by atoms with van der Waals surface area (Å²) in [5.41, 5.74) is 8.93. The van der Waals surface area contributed by atoms with Crippen LogP contribution >= 0.6 is 11.6 Å². The van der Waals surface area contributed by atoms with Crippen molar-refractivity contribution in [1.29, 1.82) is 0 Å². The second-order valence-corrected chi connectivity index (χ2v) is 6.84.